The number of anilines is 1. The Balaban J connectivity index is 0.000000202. The maximum Gasteiger partial charge on any atom is 0.325 e. The summed E-state index contributed by atoms with van der Waals surface area (Å²) in [6.07, 6.45) is 7.84. The van der Waals surface area contributed by atoms with Crippen LogP contribution in [0, 0.1) is 6.92 Å². The van der Waals surface area contributed by atoms with Crippen molar-refractivity contribution in [2.45, 2.75) is 20.0 Å². The number of ketones is 2. The Kier molecular flexibility index (Phi) is 14.0. The molecule has 19 nitrogen and oxygen atoms in total. The minimum Gasteiger partial charge on any atom is -0.480 e. The number of fused-ring (bicyclic) bond motifs is 2. The summed E-state index contributed by atoms with van der Waals surface area (Å²) in [4.78, 5) is 72.3. The highest BCUT2D eigenvalue weighted by molar-refractivity contribution is 7.91. The van der Waals surface area contributed by atoms with Crippen molar-refractivity contribution in [2.24, 2.45) is 0 Å². The first-order chi connectivity index (χ1) is 32.1. The number of hydrogen-bond acceptors (Lipinski definition) is 15. The van der Waals surface area contributed by atoms with Gasteiger partial charge < -0.3 is 29.3 Å². The summed E-state index contributed by atoms with van der Waals surface area (Å²) in [6, 6.07) is 17.3. The Morgan fingerprint density at radius 2 is 1.25 bits per heavy atom. The molecule has 6 heterocycles. The Labute approximate surface area is 397 Å². The zero-order valence-electron chi connectivity index (χ0n) is 36.8. The first kappa shape index (κ1) is 48.7. The summed E-state index contributed by atoms with van der Waals surface area (Å²) in [5.74, 6) is -2.29. The fourth-order valence-corrected chi connectivity index (χ4v) is 9.32. The number of pyridine rings is 2. The molecule has 0 amide bonds. The largest absolute Gasteiger partial charge is 0.480 e. The van der Waals surface area contributed by atoms with Crippen molar-refractivity contribution in [3.05, 3.63) is 145 Å². The zero-order valence-corrected chi connectivity index (χ0v) is 40.0. The molecule has 2 aromatic carbocycles. The number of nitrogens with one attached hydrogen (secondary N) is 2. The lowest BCUT2D eigenvalue weighted by Gasteiger charge is -2.13. The van der Waals surface area contributed by atoms with Gasteiger partial charge in [0.1, 0.15) is 17.3 Å². The van der Waals surface area contributed by atoms with Crippen LogP contribution in [0.1, 0.15) is 37.8 Å². The van der Waals surface area contributed by atoms with Gasteiger partial charge in [-0.05, 0) is 78.7 Å². The average molecular weight is 1000 g/mol. The third kappa shape index (κ3) is 10.8. The van der Waals surface area contributed by atoms with E-state index < -0.39 is 54.0 Å². The molecule has 6 aromatic heterocycles. The summed E-state index contributed by atoms with van der Waals surface area (Å²) < 4.78 is 62.2. The quantitative estimate of drug-likeness (QED) is 0.116. The average Bonchev–Trinajstić information content (AvgIpc) is 3.73. The Hall–Kier alpha value is -7.20. The van der Waals surface area contributed by atoms with Crippen LogP contribution in [0.5, 0.6) is 11.9 Å². The lowest BCUT2D eigenvalue weighted by atomic mass is 10.0. The van der Waals surface area contributed by atoms with E-state index in [1.54, 1.807) is 63.9 Å². The molecule has 0 atom stereocenters. The number of aryl methyl sites for hydroxylation is 1. The molecule has 23 heteroatoms. The molecule has 0 aliphatic carbocycles. The molecular formula is C45H41Cl2N9O10S2. The van der Waals surface area contributed by atoms with Crippen LogP contribution in [0.3, 0.4) is 0 Å². The Morgan fingerprint density at radius 1 is 0.721 bits per heavy atom. The molecule has 0 spiro atoms. The van der Waals surface area contributed by atoms with Gasteiger partial charge in [0, 0.05) is 99.1 Å². The second-order valence-electron chi connectivity index (χ2n) is 15.6. The standard InChI is InChI=1S/C24H23ClN4O5S.C21H18ClN5O5S/c1-14-9-15(7-8-26-14)12-29-19-6-5-16(25)10-17(19)21(22(29)20(30)13-35(4,31)32)18-11-27-24(34-3)28-23(18)33-2;1-33(31,32)10-16(28)19-18(14-8-25-21(30)26-20(14)29)13-7-12(22)2-3-15(13)27(19)9-11-4-5-24-17(23)6-11/h5-11H,12-13H2,1-4H3;2-8H,9-10H2,1H3,(H2,23,24)(H2,25,26,29,30). The van der Waals surface area contributed by atoms with Crippen molar-refractivity contribution in [2.75, 3.05) is 44.0 Å². The summed E-state index contributed by atoms with van der Waals surface area (Å²) in [5, 5.41) is 1.87. The molecule has 352 valence electrons. The number of nitrogens with zero attached hydrogens (tertiary/aromatic N) is 6. The number of H-pyrrole nitrogens is 2. The van der Waals surface area contributed by atoms with Gasteiger partial charge in [-0.15, -0.1) is 0 Å². The molecular weight excluding hydrogens is 962 g/mol. The molecule has 0 bridgehead atoms. The third-order valence-electron chi connectivity index (χ3n) is 10.3. The highest BCUT2D eigenvalue weighted by atomic mass is 35.5. The number of rotatable bonds is 14. The SMILES string of the molecule is COc1ncc(-c2c(C(=O)CS(C)(=O)=O)n(Cc3ccnc(C)c3)c3ccc(Cl)cc23)c(OC)n1.CS(=O)(=O)CC(=O)c1c(-c2c[nH]c(=O)[nH]c2=O)c2cc(Cl)ccc2n1Cc1ccnc(N)c1. The van der Waals surface area contributed by atoms with E-state index in [1.165, 1.54) is 32.8 Å². The summed E-state index contributed by atoms with van der Waals surface area (Å²) in [5.41, 5.74) is 9.14. The number of hydrogen-bond donors (Lipinski definition) is 3. The number of aromatic nitrogens is 8. The number of ether oxygens (including phenoxy) is 2. The molecule has 0 fully saturated rings. The van der Waals surface area contributed by atoms with Gasteiger partial charge in [-0.1, -0.05) is 23.2 Å². The normalized spacial score (nSPS) is 11.6. The van der Waals surface area contributed by atoms with E-state index in [1.807, 2.05) is 19.1 Å². The number of methoxy groups -OCH3 is 2. The van der Waals surface area contributed by atoms with Crippen molar-refractivity contribution >= 4 is 82.1 Å². The molecule has 0 radical (unpaired) electrons. The molecule has 0 unspecified atom stereocenters. The summed E-state index contributed by atoms with van der Waals surface area (Å²) in [6.45, 7) is 2.31. The molecule has 0 aliphatic rings. The van der Waals surface area contributed by atoms with Crippen LogP contribution in [0.25, 0.3) is 44.1 Å². The number of sulfone groups is 2. The number of Topliss-reactive ketones (excluding diaryl/α,β-unsaturated/α-hetero) is 2. The lowest BCUT2D eigenvalue weighted by Crippen LogP contribution is -2.24. The van der Waals surface area contributed by atoms with Crippen LogP contribution in [-0.4, -0.2) is 106 Å². The number of carbonyl (C=O) groups is 2. The second kappa shape index (κ2) is 19.6. The van der Waals surface area contributed by atoms with Crippen LogP contribution in [0.2, 0.25) is 10.0 Å². The van der Waals surface area contributed by atoms with Gasteiger partial charge in [0.25, 0.3) is 5.56 Å². The number of carbonyl (C=O) groups excluding carboxylic acids is 2. The highest BCUT2D eigenvalue weighted by Crippen LogP contribution is 2.41. The van der Waals surface area contributed by atoms with E-state index in [-0.39, 0.29) is 46.8 Å². The minimum absolute atomic E-state index is 0.00768. The van der Waals surface area contributed by atoms with Crippen LogP contribution in [-0.2, 0) is 32.8 Å². The number of halogens is 2. The second-order valence-corrected chi connectivity index (χ2v) is 20.7. The Bertz CT molecular complexity index is 3660. The van der Waals surface area contributed by atoms with Crippen molar-refractivity contribution in [1.82, 2.24) is 39.0 Å². The number of aromatic amines is 2. The van der Waals surface area contributed by atoms with E-state index in [2.05, 4.69) is 29.9 Å². The minimum atomic E-state index is -3.69. The zero-order chi connectivity index (χ0) is 49.2. The number of nitrogen functional groups attached to an aromatic ring is 1. The van der Waals surface area contributed by atoms with E-state index in [9.17, 15) is 36.0 Å². The van der Waals surface area contributed by atoms with Gasteiger partial charge in [-0.25, -0.2) is 31.6 Å². The topological polar surface area (TPSA) is 274 Å². The predicted molar refractivity (Wildman–Crippen MR) is 259 cm³/mol. The van der Waals surface area contributed by atoms with E-state index in [4.69, 9.17) is 38.4 Å². The van der Waals surface area contributed by atoms with Gasteiger partial charge in [0.05, 0.1) is 36.7 Å². The highest BCUT2D eigenvalue weighted by Gasteiger charge is 2.30. The smallest absolute Gasteiger partial charge is 0.325 e. The van der Waals surface area contributed by atoms with Gasteiger partial charge in [-0.3, -0.25) is 24.4 Å². The number of nitrogens with two attached hydrogens (primary N) is 1. The predicted octanol–water partition coefficient (Wildman–Crippen LogP) is 5.34. The van der Waals surface area contributed by atoms with Crippen molar-refractivity contribution < 1.29 is 35.9 Å². The maximum absolute atomic E-state index is 13.6. The molecule has 4 N–H and O–H groups in total. The monoisotopic (exact) mass is 1000 g/mol. The molecule has 8 rings (SSSR count). The van der Waals surface area contributed by atoms with Crippen LogP contribution < -0.4 is 26.5 Å². The van der Waals surface area contributed by atoms with Gasteiger partial charge in [-0.2, -0.15) is 4.98 Å². The van der Waals surface area contributed by atoms with Gasteiger partial charge >= 0.3 is 11.7 Å². The molecule has 0 aliphatic heterocycles. The third-order valence-corrected chi connectivity index (χ3v) is 12.4. The van der Waals surface area contributed by atoms with E-state index >= 15 is 0 Å². The fraction of sp³-hybridized carbons (Fsp3) is 0.200. The molecule has 8 aromatic rings. The van der Waals surface area contributed by atoms with Crippen molar-refractivity contribution in [1.29, 1.82) is 0 Å². The van der Waals surface area contributed by atoms with Crippen molar-refractivity contribution in [3.63, 3.8) is 0 Å². The van der Waals surface area contributed by atoms with Crippen LogP contribution in [0.15, 0.2) is 95.0 Å². The fourth-order valence-electron chi connectivity index (χ4n) is 7.75. The maximum atomic E-state index is 13.6. The van der Waals surface area contributed by atoms with Crippen molar-refractivity contribution in [3.8, 4) is 34.1 Å². The first-order valence-electron chi connectivity index (χ1n) is 20.1. The van der Waals surface area contributed by atoms with E-state index in [0.717, 1.165) is 23.8 Å². The summed E-state index contributed by atoms with van der Waals surface area (Å²) >= 11 is 12.6. The first-order valence-corrected chi connectivity index (χ1v) is 25.0. The van der Waals surface area contributed by atoms with E-state index in [0.29, 0.717) is 55.1 Å². The summed E-state index contributed by atoms with van der Waals surface area (Å²) in [7, 11) is -4.44. The van der Waals surface area contributed by atoms with Crippen LogP contribution >= 0.6 is 23.2 Å². The lowest BCUT2D eigenvalue weighted by molar-refractivity contribution is 0.100. The van der Waals surface area contributed by atoms with Gasteiger partial charge in [0.15, 0.2) is 31.2 Å². The van der Waals surface area contributed by atoms with Crippen LogP contribution in [0.4, 0.5) is 5.82 Å². The number of benzene rings is 2. The molecule has 0 saturated heterocycles. The van der Waals surface area contributed by atoms with Gasteiger partial charge in [0.2, 0.25) is 5.88 Å². The molecule has 0 saturated carbocycles. The Morgan fingerprint density at radius 3 is 1.74 bits per heavy atom. The molecule has 68 heavy (non-hydrogen) atoms.